The minimum atomic E-state index is -4.17. The van der Waals surface area contributed by atoms with Crippen molar-refractivity contribution in [1.82, 2.24) is 4.72 Å². The molecule has 2 atom stereocenters. The summed E-state index contributed by atoms with van der Waals surface area (Å²) in [5, 5.41) is 9.21. The Balaban J connectivity index is 3.24. The molecule has 0 aliphatic rings. The Bertz CT molecular complexity index is 680. The van der Waals surface area contributed by atoms with Crippen molar-refractivity contribution in [1.29, 1.82) is 0 Å². The first-order chi connectivity index (χ1) is 10.7. The van der Waals surface area contributed by atoms with Crippen LogP contribution in [0.3, 0.4) is 0 Å². The third-order valence-electron chi connectivity index (χ3n) is 3.28. The molecule has 23 heavy (non-hydrogen) atoms. The lowest BCUT2D eigenvalue weighted by molar-refractivity contribution is -0.140. The zero-order valence-corrected chi connectivity index (χ0v) is 14.8. The van der Waals surface area contributed by atoms with Gasteiger partial charge in [0.15, 0.2) is 9.96 Å². The maximum Gasteiger partial charge on any atom is 0.348 e. The highest BCUT2D eigenvalue weighted by molar-refractivity contribution is 7.91. The number of hydrogen-bond donors (Lipinski definition) is 2. The molecule has 10 heteroatoms. The number of sulfonamides is 1. The molecule has 0 spiro atoms. The van der Waals surface area contributed by atoms with Crippen molar-refractivity contribution in [3.05, 3.63) is 10.9 Å². The van der Waals surface area contributed by atoms with Gasteiger partial charge in [-0.25, -0.2) is 13.2 Å². The van der Waals surface area contributed by atoms with Crippen molar-refractivity contribution in [3.8, 4) is 5.75 Å². The Morgan fingerprint density at radius 2 is 2.00 bits per heavy atom. The zero-order chi connectivity index (χ0) is 17.8. The van der Waals surface area contributed by atoms with Crippen molar-refractivity contribution in [3.63, 3.8) is 0 Å². The minimum Gasteiger partial charge on any atom is -0.494 e. The molecule has 1 heterocycles. The van der Waals surface area contributed by atoms with Gasteiger partial charge in [0.05, 0.1) is 14.2 Å². The van der Waals surface area contributed by atoms with Gasteiger partial charge in [-0.1, -0.05) is 20.3 Å². The number of hydrogen-bond acceptors (Lipinski definition) is 7. The van der Waals surface area contributed by atoms with Gasteiger partial charge in [0.25, 0.3) is 10.0 Å². The Hall–Kier alpha value is -1.65. The number of carboxylic acids is 1. The molecule has 0 aromatic carbocycles. The van der Waals surface area contributed by atoms with Crippen molar-refractivity contribution in [2.45, 2.75) is 30.5 Å². The predicted molar refractivity (Wildman–Crippen MR) is 83.4 cm³/mol. The van der Waals surface area contributed by atoms with E-state index in [4.69, 9.17) is 4.74 Å². The van der Waals surface area contributed by atoms with Crippen molar-refractivity contribution < 1.29 is 32.6 Å². The largest absolute Gasteiger partial charge is 0.494 e. The number of nitrogens with one attached hydrogen (secondary N) is 1. The SMILES string of the molecule is CC[C@H](C)[C@H](NS(=O)(=O)c1sc(C(=O)OC)cc1OC)C(=O)O. The van der Waals surface area contributed by atoms with Crippen LogP contribution in [0.25, 0.3) is 0 Å². The zero-order valence-electron chi connectivity index (χ0n) is 13.2. The number of carboxylic acid groups (broad SMARTS) is 1. The number of ether oxygens (including phenoxy) is 2. The number of esters is 1. The van der Waals surface area contributed by atoms with E-state index >= 15 is 0 Å². The molecule has 8 nitrogen and oxygen atoms in total. The van der Waals surface area contributed by atoms with Gasteiger partial charge in [-0.05, 0) is 5.92 Å². The molecule has 0 saturated heterocycles. The summed E-state index contributed by atoms with van der Waals surface area (Å²) in [6.07, 6.45) is 0.481. The molecule has 1 rings (SSSR count). The van der Waals surface area contributed by atoms with Crippen LogP contribution in [0.15, 0.2) is 10.3 Å². The van der Waals surface area contributed by atoms with Crippen LogP contribution in [0.4, 0.5) is 0 Å². The molecule has 0 fully saturated rings. The lowest BCUT2D eigenvalue weighted by Gasteiger charge is -2.19. The van der Waals surface area contributed by atoms with E-state index in [0.29, 0.717) is 17.8 Å². The van der Waals surface area contributed by atoms with Gasteiger partial charge in [-0.3, -0.25) is 4.79 Å². The lowest BCUT2D eigenvalue weighted by Crippen LogP contribution is -2.44. The van der Waals surface area contributed by atoms with Crippen molar-refractivity contribution in [2.24, 2.45) is 5.92 Å². The summed E-state index contributed by atoms with van der Waals surface area (Å²) in [5.74, 6) is -2.43. The van der Waals surface area contributed by atoms with E-state index in [2.05, 4.69) is 9.46 Å². The monoisotopic (exact) mass is 365 g/mol. The summed E-state index contributed by atoms with van der Waals surface area (Å²) >= 11 is 0.654. The highest BCUT2D eigenvalue weighted by Crippen LogP contribution is 2.34. The summed E-state index contributed by atoms with van der Waals surface area (Å²) in [5.41, 5.74) is 0. The second-order valence-electron chi connectivity index (χ2n) is 4.78. The summed E-state index contributed by atoms with van der Waals surface area (Å²) in [6.45, 7) is 3.39. The van der Waals surface area contributed by atoms with Gasteiger partial charge in [-0.2, -0.15) is 4.72 Å². The van der Waals surface area contributed by atoms with Crippen LogP contribution in [0.2, 0.25) is 0 Å². The highest BCUT2D eigenvalue weighted by atomic mass is 32.2. The number of carbonyl (C=O) groups is 2. The average molecular weight is 365 g/mol. The first-order valence-electron chi connectivity index (χ1n) is 6.69. The van der Waals surface area contributed by atoms with Gasteiger partial charge in [0, 0.05) is 6.07 Å². The predicted octanol–water partition coefficient (Wildman–Crippen LogP) is 1.32. The number of aliphatic carboxylic acids is 1. The van der Waals surface area contributed by atoms with E-state index in [1.54, 1.807) is 13.8 Å². The van der Waals surface area contributed by atoms with Crippen LogP contribution < -0.4 is 9.46 Å². The molecule has 1 aromatic rings. The van der Waals surface area contributed by atoms with E-state index < -0.39 is 33.9 Å². The molecular formula is C13H19NO7S2. The number of methoxy groups -OCH3 is 2. The lowest BCUT2D eigenvalue weighted by atomic mass is 10.0. The fraction of sp³-hybridized carbons (Fsp3) is 0.538. The first kappa shape index (κ1) is 19.4. The molecule has 0 aliphatic heterocycles. The van der Waals surface area contributed by atoms with Crippen molar-refractivity contribution in [2.75, 3.05) is 14.2 Å². The fourth-order valence-electron chi connectivity index (χ4n) is 1.75. The summed E-state index contributed by atoms with van der Waals surface area (Å²) < 4.78 is 36.4. The normalized spacial score (nSPS) is 14.1. The van der Waals surface area contributed by atoms with E-state index in [0.717, 1.165) is 0 Å². The number of thiophene rings is 1. The second kappa shape index (κ2) is 7.75. The third-order valence-corrected chi connectivity index (χ3v) is 6.33. The van der Waals surface area contributed by atoms with Gasteiger partial charge in [0.2, 0.25) is 0 Å². The number of carbonyl (C=O) groups excluding carboxylic acids is 1. The topological polar surface area (TPSA) is 119 Å². The van der Waals surface area contributed by atoms with E-state index in [1.807, 2.05) is 0 Å². The van der Waals surface area contributed by atoms with Crippen LogP contribution in [0, 0.1) is 5.92 Å². The second-order valence-corrected chi connectivity index (χ2v) is 7.74. The molecule has 2 N–H and O–H groups in total. The van der Waals surface area contributed by atoms with Crippen LogP contribution >= 0.6 is 11.3 Å². The van der Waals surface area contributed by atoms with Gasteiger partial charge in [0.1, 0.15) is 10.9 Å². The van der Waals surface area contributed by atoms with Crippen molar-refractivity contribution >= 4 is 33.3 Å². The molecule has 0 radical (unpaired) electrons. The minimum absolute atomic E-state index is 0.0418. The molecule has 0 bridgehead atoms. The van der Waals surface area contributed by atoms with Gasteiger partial charge < -0.3 is 14.6 Å². The van der Waals surface area contributed by atoms with E-state index in [9.17, 15) is 23.1 Å². The van der Waals surface area contributed by atoms with Crippen LogP contribution in [0.5, 0.6) is 5.75 Å². The fourth-order valence-corrected chi connectivity index (χ4v) is 4.56. The molecule has 0 amide bonds. The Kier molecular flexibility index (Phi) is 6.54. The molecule has 1 aromatic heterocycles. The maximum absolute atomic E-state index is 12.5. The Morgan fingerprint density at radius 3 is 2.43 bits per heavy atom. The van der Waals surface area contributed by atoms with Gasteiger partial charge in [-0.15, -0.1) is 11.3 Å². The molecule has 130 valence electrons. The van der Waals surface area contributed by atoms with Gasteiger partial charge >= 0.3 is 11.9 Å². The third kappa shape index (κ3) is 4.43. The van der Waals surface area contributed by atoms with Crippen LogP contribution in [0.1, 0.15) is 29.9 Å². The first-order valence-corrected chi connectivity index (χ1v) is 8.99. The molecule has 0 saturated carbocycles. The highest BCUT2D eigenvalue weighted by Gasteiger charge is 2.33. The van der Waals surface area contributed by atoms with E-state index in [-0.39, 0.29) is 14.8 Å². The summed E-state index contributed by atoms with van der Waals surface area (Å²) in [4.78, 5) is 22.9. The Labute approximate surface area is 138 Å². The van der Waals surface area contributed by atoms with Crippen LogP contribution in [-0.4, -0.2) is 45.7 Å². The molecular weight excluding hydrogens is 346 g/mol. The maximum atomic E-state index is 12.5. The quantitative estimate of drug-likeness (QED) is 0.667. The smallest absolute Gasteiger partial charge is 0.348 e. The standard InChI is InChI=1S/C13H19NO7S2/c1-5-7(2)10(11(15)16)14-23(18,19)13-8(20-3)6-9(22-13)12(17)21-4/h6-7,10,14H,5H2,1-4H3,(H,15,16)/t7-,10-/m0/s1. The summed E-state index contributed by atoms with van der Waals surface area (Å²) in [6, 6.07) is -0.0391. The Morgan fingerprint density at radius 1 is 1.39 bits per heavy atom. The average Bonchev–Trinajstić information content (AvgIpc) is 2.96. The molecule has 0 unspecified atom stereocenters. The van der Waals surface area contributed by atoms with Crippen LogP contribution in [-0.2, 0) is 19.6 Å². The summed E-state index contributed by atoms with van der Waals surface area (Å²) in [7, 11) is -1.74. The number of rotatable bonds is 8. The van der Waals surface area contributed by atoms with E-state index in [1.165, 1.54) is 20.3 Å². The molecule has 0 aliphatic carbocycles.